The fraction of sp³-hybridized carbons (Fsp3) is 0.133. The number of nitrogens with one attached hydrogen (secondary N) is 1. The molecule has 5 nitrogen and oxygen atoms in total. The van der Waals surface area contributed by atoms with Gasteiger partial charge in [-0.1, -0.05) is 42.1 Å². The molecule has 3 rings (SSSR count). The standard InChI is InChI=1S/C15H13N3O2S2/c16-11(19)6-7-21-15-17-13(20)12-10(8-22-14(12)18-15)9-4-2-1-3-5-9/h1-5,8H,6-7H2,(H2,16,19)(H,17,18,20). The highest BCUT2D eigenvalue weighted by Gasteiger charge is 2.13. The summed E-state index contributed by atoms with van der Waals surface area (Å²) in [7, 11) is 0. The van der Waals surface area contributed by atoms with Gasteiger partial charge >= 0.3 is 0 Å². The molecule has 0 unspecified atom stereocenters. The Morgan fingerprint density at radius 1 is 1.32 bits per heavy atom. The Kier molecular flexibility index (Phi) is 4.26. The number of thioether (sulfide) groups is 1. The lowest BCUT2D eigenvalue weighted by Crippen LogP contribution is -2.12. The fourth-order valence-corrected chi connectivity index (χ4v) is 3.90. The molecule has 0 aliphatic heterocycles. The molecule has 0 atom stereocenters. The maximum absolute atomic E-state index is 12.4. The quantitative estimate of drug-likeness (QED) is 0.555. The van der Waals surface area contributed by atoms with Gasteiger partial charge in [-0.15, -0.1) is 11.3 Å². The van der Waals surface area contributed by atoms with Crippen LogP contribution in [0.1, 0.15) is 6.42 Å². The van der Waals surface area contributed by atoms with E-state index in [0.29, 0.717) is 21.1 Å². The molecule has 22 heavy (non-hydrogen) atoms. The lowest BCUT2D eigenvalue weighted by atomic mass is 10.1. The molecule has 7 heteroatoms. The highest BCUT2D eigenvalue weighted by molar-refractivity contribution is 7.99. The van der Waals surface area contributed by atoms with Gasteiger partial charge in [0.15, 0.2) is 5.16 Å². The average Bonchev–Trinajstić information content (AvgIpc) is 2.92. The van der Waals surface area contributed by atoms with Gasteiger partial charge in [0, 0.05) is 23.1 Å². The van der Waals surface area contributed by atoms with Crippen molar-refractivity contribution in [2.24, 2.45) is 5.73 Å². The molecule has 2 heterocycles. The second-order valence-electron chi connectivity index (χ2n) is 4.63. The molecule has 0 saturated heterocycles. The molecule has 0 aliphatic rings. The summed E-state index contributed by atoms with van der Waals surface area (Å²) in [5.74, 6) is 0.138. The molecular weight excluding hydrogens is 318 g/mol. The number of fused-ring (bicyclic) bond motifs is 1. The van der Waals surface area contributed by atoms with Gasteiger partial charge in [0.1, 0.15) is 4.83 Å². The number of hydrogen-bond donors (Lipinski definition) is 2. The van der Waals surface area contributed by atoms with Gasteiger partial charge in [0.2, 0.25) is 5.91 Å². The van der Waals surface area contributed by atoms with Crippen LogP contribution in [0.15, 0.2) is 45.7 Å². The van der Waals surface area contributed by atoms with Gasteiger partial charge in [0.25, 0.3) is 5.56 Å². The monoisotopic (exact) mass is 331 g/mol. The number of hydrogen-bond acceptors (Lipinski definition) is 5. The zero-order valence-electron chi connectivity index (χ0n) is 11.5. The smallest absolute Gasteiger partial charge is 0.260 e. The van der Waals surface area contributed by atoms with Crippen LogP contribution in [0, 0.1) is 0 Å². The lowest BCUT2D eigenvalue weighted by molar-refractivity contribution is -0.117. The zero-order valence-corrected chi connectivity index (χ0v) is 13.2. The van der Waals surface area contributed by atoms with Crippen LogP contribution < -0.4 is 11.3 Å². The summed E-state index contributed by atoms with van der Waals surface area (Å²) >= 11 is 2.76. The van der Waals surface area contributed by atoms with Gasteiger partial charge < -0.3 is 10.7 Å². The van der Waals surface area contributed by atoms with E-state index in [1.54, 1.807) is 0 Å². The maximum Gasteiger partial charge on any atom is 0.260 e. The van der Waals surface area contributed by atoms with Crippen LogP contribution in [-0.2, 0) is 4.79 Å². The summed E-state index contributed by atoms with van der Waals surface area (Å²) in [4.78, 5) is 31.0. The van der Waals surface area contributed by atoms with Crippen molar-refractivity contribution in [3.8, 4) is 11.1 Å². The number of thiophene rings is 1. The van der Waals surface area contributed by atoms with E-state index in [4.69, 9.17) is 5.73 Å². The maximum atomic E-state index is 12.4. The molecule has 0 saturated carbocycles. The Labute approximate surface area is 134 Å². The molecular formula is C15H13N3O2S2. The van der Waals surface area contributed by atoms with Crippen LogP contribution in [0.3, 0.4) is 0 Å². The van der Waals surface area contributed by atoms with Crippen LogP contribution in [-0.4, -0.2) is 21.6 Å². The molecule has 1 aromatic carbocycles. The zero-order chi connectivity index (χ0) is 15.5. The Bertz CT molecular complexity index is 871. The van der Waals surface area contributed by atoms with Crippen molar-refractivity contribution >= 4 is 39.2 Å². The number of carbonyl (C=O) groups is 1. The number of H-pyrrole nitrogens is 1. The van der Waals surface area contributed by atoms with Crippen molar-refractivity contribution in [1.82, 2.24) is 9.97 Å². The average molecular weight is 331 g/mol. The van der Waals surface area contributed by atoms with E-state index in [1.165, 1.54) is 23.1 Å². The van der Waals surface area contributed by atoms with Gasteiger partial charge in [-0.3, -0.25) is 9.59 Å². The minimum atomic E-state index is -0.363. The van der Waals surface area contributed by atoms with Crippen LogP contribution in [0.4, 0.5) is 0 Å². The second-order valence-corrected chi connectivity index (χ2v) is 6.57. The number of benzene rings is 1. The van der Waals surface area contributed by atoms with Gasteiger partial charge in [-0.05, 0) is 5.56 Å². The summed E-state index contributed by atoms with van der Waals surface area (Å²) in [5, 5.41) is 3.07. The van der Waals surface area contributed by atoms with Crippen molar-refractivity contribution in [1.29, 1.82) is 0 Å². The number of carbonyl (C=O) groups excluding carboxylic acids is 1. The molecule has 2 aromatic heterocycles. The number of nitrogens with zero attached hydrogens (tertiary/aromatic N) is 1. The number of aromatic nitrogens is 2. The fourth-order valence-electron chi connectivity index (χ4n) is 2.08. The molecule has 0 fully saturated rings. The van der Waals surface area contributed by atoms with E-state index < -0.39 is 0 Å². The largest absolute Gasteiger partial charge is 0.370 e. The predicted molar refractivity (Wildman–Crippen MR) is 90.2 cm³/mol. The van der Waals surface area contributed by atoms with E-state index in [0.717, 1.165) is 11.1 Å². The predicted octanol–water partition coefficient (Wildman–Crippen LogP) is 2.62. The minimum absolute atomic E-state index is 0.160. The Balaban J connectivity index is 1.96. The molecule has 3 aromatic rings. The number of aromatic amines is 1. The van der Waals surface area contributed by atoms with E-state index in [9.17, 15) is 9.59 Å². The first-order chi connectivity index (χ1) is 10.6. The third kappa shape index (κ3) is 3.05. The number of amides is 1. The Hall–Kier alpha value is -2.12. The summed E-state index contributed by atoms with van der Waals surface area (Å²) in [6.45, 7) is 0. The van der Waals surface area contributed by atoms with Crippen molar-refractivity contribution in [2.75, 3.05) is 5.75 Å². The Morgan fingerprint density at radius 3 is 2.82 bits per heavy atom. The van der Waals surface area contributed by atoms with Crippen molar-refractivity contribution in [3.63, 3.8) is 0 Å². The first kappa shape index (κ1) is 14.8. The third-order valence-electron chi connectivity index (χ3n) is 3.09. The molecule has 112 valence electrons. The van der Waals surface area contributed by atoms with Gasteiger partial charge in [-0.2, -0.15) is 0 Å². The highest BCUT2D eigenvalue weighted by atomic mass is 32.2. The molecule has 0 bridgehead atoms. The SMILES string of the molecule is NC(=O)CCSc1nc2scc(-c3ccccc3)c2c(=O)[nH]1. The van der Waals surface area contributed by atoms with Crippen molar-refractivity contribution in [3.05, 3.63) is 46.1 Å². The summed E-state index contributed by atoms with van der Waals surface area (Å²) in [6, 6.07) is 9.75. The van der Waals surface area contributed by atoms with Crippen LogP contribution in [0.2, 0.25) is 0 Å². The molecule has 0 aliphatic carbocycles. The molecule has 3 N–H and O–H groups in total. The highest BCUT2D eigenvalue weighted by Crippen LogP contribution is 2.31. The van der Waals surface area contributed by atoms with Crippen LogP contribution in [0.5, 0.6) is 0 Å². The summed E-state index contributed by atoms with van der Waals surface area (Å²) < 4.78 is 0. The molecule has 0 spiro atoms. The topological polar surface area (TPSA) is 88.8 Å². The van der Waals surface area contributed by atoms with Gasteiger partial charge in [-0.25, -0.2) is 4.98 Å². The van der Waals surface area contributed by atoms with E-state index >= 15 is 0 Å². The number of rotatable bonds is 5. The first-order valence-corrected chi connectivity index (χ1v) is 8.49. The Morgan fingerprint density at radius 2 is 2.09 bits per heavy atom. The van der Waals surface area contributed by atoms with Crippen molar-refractivity contribution in [2.45, 2.75) is 11.6 Å². The molecule has 1 amide bonds. The number of nitrogens with two attached hydrogens (primary N) is 1. The first-order valence-electron chi connectivity index (χ1n) is 6.63. The van der Waals surface area contributed by atoms with E-state index in [-0.39, 0.29) is 17.9 Å². The second kappa shape index (κ2) is 6.33. The van der Waals surface area contributed by atoms with Gasteiger partial charge in [0.05, 0.1) is 5.39 Å². The number of primary amides is 1. The van der Waals surface area contributed by atoms with Crippen LogP contribution >= 0.6 is 23.1 Å². The molecule has 0 radical (unpaired) electrons. The minimum Gasteiger partial charge on any atom is -0.370 e. The summed E-state index contributed by atoms with van der Waals surface area (Å²) in [5.41, 5.74) is 6.83. The van der Waals surface area contributed by atoms with E-state index in [1.807, 2.05) is 35.7 Å². The lowest BCUT2D eigenvalue weighted by Gasteiger charge is -2.01. The third-order valence-corrected chi connectivity index (χ3v) is 4.84. The van der Waals surface area contributed by atoms with E-state index in [2.05, 4.69) is 9.97 Å². The van der Waals surface area contributed by atoms with Crippen LogP contribution in [0.25, 0.3) is 21.3 Å². The van der Waals surface area contributed by atoms with Crippen molar-refractivity contribution < 1.29 is 4.79 Å². The normalized spacial score (nSPS) is 10.9. The summed E-state index contributed by atoms with van der Waals surface area (Å²) in [6.07, 6.45) is 0.256.